The Hall–Kier alpha value is -1.75. The summed E-state index contributed by atoms with van der Waals surface area (Å²) in [4.78, 5) is 11.1. The van der Waals surface area contributed by atoms with Crippen molar-refractivity contribution in [3.63, 3.8) is 0 Å². The van der Waals surface area contributed by atoms with E-state index in [-0.39, 0.29) is 6.04 Å². The zero-order valence-corrected chi connectivity index (χ0v) is 10.5. The first kappa shape index (κ1) is 12.7. The number of aliphatic carboxylic acids is 1. The Balaban J connectivity index is 2.28. The summed E-state index contributed by atoms with van der Waals surface area (Å²) in [5.41, 5.74) is 0.886. The number of hydrogen-bond donors (Lipinski definition) is 2. The van der Waals surface area contributed by atoms with Gasteiger partial charge in [-0.3, -0.25) is 4.79 Å². The monoisotopic (exact) mass is 251 g/mol. The normalized spacial score (nSPS) is 17.0. The largest absolute Gasteiger partial charge is 0.486 e. The number of hydrogen-bond acceptors (Lipinski definition) is 4. The van der Waals surface area contributed by atoms with Crippen molar-refractivity contribution in [1.82, 2.24) is 5.32 Å². The Morgan fingerprint density at radius 2 is 2.00 bits per heavy atom. The second kappa shape index (κ2) is 5.27. The molecular weight excluding hydrogens is 234 g/mol. The van der Waals surface area contributed by atoms with E-state index in [0.717, 1.165) is 5.56 Å². The number of fused-ring (bicyclic) bond motifs is 1. The van der Waals surface area contributed by atoms with Crippen molar-refractivity contribution in [2.75, 3.05) is 20.3 Å². The Kier molecular flexibility index (Phi) is 3.72. The molecule has 5 heteroatoms. The fraction of sp³-hybridized carbons (Fsp3) is 0.462. The predicted octanol–water partition coefficient (Wildman–Crippen LogP) is 1.44. The van der Waals surface area contributed by atoms with E-state index in [2.05, 4.69) is 5.32 Å². The van der Waals surface area contributed by atoms with Crippen LogP contribution in [0.15, 0.2) is 18.2 Å². The standard InChI is InChI=1S/C13H17NO4/c1-8(13(15)16)12(14-2)9-3-4-10-11(7-9)18-6-5-17-10/h3-4,7-8,12,14H,5-6H2,1-2H3,(H,15,16). The van der Waals surface area contributed by atoms with Crippen molar-refractivity contribution in [3.8, 4) is 11.5 Å². The van der Waals surface area contributed by atoms with Gasteiger partial charge in [-0.1, -0.05) is 13.0 Å². The van der Waals surface area contributed by atoms with Crippen LogP contribution in [-0.2, 0) is 4.79 Å². The van der Waals surface area contributed by atoms with Gasteiger partial charge < -0.3 is 19.9 Å². The van der Waals surface area contributed by atoms with Crippen molar-refractivity contribution in [2.24, 2.45) is 5.92 Å². The summed E-state index contributed by atoms with van der Waals surface area (Å²) in [5.74, 6) is 0.0428. The van der Waals surface area contributed by atoms with Gasteiger partial charge in [0.2, 0.25) is 0 Å². The lowest BCUT2D eigenvalue weighted by Crippen LogP contribution is -2.29. The Morgan fingerprint density at radius 1 is 1.33 bits per heavy atom. The maximum absolute atomic E-state index is 11.1. The minimum Gasteiger partial charge on any atom is -0.486 e. The van der Waals surface area contributed by atoms with Gasteiger partial charge >= 0.3 is 5.97 Å². The first-order chi connectivity index (χ1) is 8.63. The number of rotatable bonds is 4. The minimum absolute atomic E-state index is 0.252. The molecule has 0 saturated carbocycles. The van der Waals surface area contributed by atoms with E-state index in [4.69, 9.17) is 14.6 Å². The topological polar surface area (TPSA) is 67.8 Å². The van der Waals surface area contributed by atoms with E-state index in [1.54, 1.807) is 14.0 Å². The molecule has 0 fully saturated rings. The summed E-state index contributed by atoms with van der Waals surface area (Å²) in [7, 11) is 1.75. The third kappa shape index (κ3) is 2.41. The van der Waals surface area contributed by atoms with E-state index in [9.17, 15) is 4.79 Å². The number of nitrogens with one attached hydrogen (secondary N) is 1. The van der Waals surface area contributed by atoms with Crippen LogP contribution in [0.25, 0.3) is 0 Å². The van der Waals surface area contributed by atoms with Crippen molar-refractivity contribution < 1.29 is 19.4 Å². The molecule has 0 aliphatic carbocycles. The van der Waals surface area contributed by atoms with Gasteiger partial charge in [-0.25, -0.2) is 0 Å². The van der Waals surface area contributed by atoms with Crippen LogP contribution in [-0.4, -0.2) is 31.3 Å². The molecule has 2 N–H and O–H groups in total. The number of benzene rings is 1. The fourth-order valence-electron chi connectivity index (χ4n) is 2.10. The first-order valence-electron chi connectivity index (χ1n) is 5.93. The second-order valence-electron chi connectivity index (χ2n) is 4.30. The lowest BCUT2D eigenvalue weighted by atomic mass is 9.94. The van der Waals surface area contributed by atoms with Crippen LogP contribution in [0.3, 0.4) is 0 Å². The molecule has 0 spiro atoms. The van der Waals surface area contributed by atoms with Crippen LogP contribution in [0.1, 0.15) is 18.5 Å². The van der Waals surface area contributed by atoms with Gasteiger partial charge in [0.05, 0.1) is 5.92 Å². The minimum atomic E-state index is -0.829. The summed E-state index contributed by atoms with van der Waals surface area (Å²) in [6.07, 6.45) is 0. The number of carbonyl (C=O) groups is 1. The van der Waals surface area contributed by atoms with Gasteiger partial charge in [0.15, 0.2) is 11.5 Å². The van der Waals surface area contributed by atoms with Crippen molar-refractivity contribution >= 4 is 5.97 Å². The summed E-state index contributed by atoms with van der Waals surface area (Å²) in [5, 5.41) is 12.1. The lowest BCUT2D eigenvalue weighted by Gasteiger charge is -2.24. The quantitative estimate of drug-likeness (QED) is 0.847. The molecule has 1 aromatic rings. The molecule has 1 aliphatic rings. The van der Waals surface area contributed by atoms with Gasteiger partial charge in [-0.2, -0.15) is 0 Å². The molecule has 1 heterocycles. The SMILES string of the molecule is CNC(c1ccc2c(c1)OCCO2)C(C)C(=O)O. The molecule has 2 atom stereocenters. The van der Waals surface area contributed by atoms with Crippen LogP contribution in [0.5, 0.6) is 11.5 Å². The van der Waals surface area contributed by atoms with E-state index >= 15 is 0 Å². The highest BCUT2D eigenvalue weighted by molar-refractivity contribution is 5.71. The Bertz CT molecular complexity index is 447. The Morgan fingerprint density at radius 3 is 2.61 bits per heavy atom. The third-order valence-electron chi connectivity index (χ3n) is 3.13. The van der Waals surface area contributed by atoms with Crippen molar-refractivity contribution in [1.29, 1.82) is 0 Å². The Labute approximate surface area is 106 Å². The summed E-state index contributed by atoms with van der Waals surface area (Å²) >= 11 is 0. The molecule has 18 heavy (non-hydrogen) atoms. The number of carboxylic acid groups (broad SMARTS) is 1. The predicted molar refractivity (Wildman–Crippen MR) is 66.0 cm³/mol. The summed E-state index contributed by atoms with van der Waals surface area (Å²) < 4.78 is 10.9. The molecule has 2 unspecified atom stereocenters. The smallest absolute Gasteiger partial charge is 0.308 e. The van der Waals surface area contributed by atoms with Crippen LogP contribution in [0.4, 0.5) is 0 Å². The molecule has 0 aromatic heterocycles. The highest BCUT2D eigenvalue weighted by Crippen LogP contribution is 2.34. The summed E-state index contributed by atoms with van der Waals surface area (Å²) in [6.45, 7) is 2.75. The molecule has 0 radical (unpaired) electrons. The lowest BCUT2D eigenvalue weighted by molar-refractivity contribution is -0.142. The van der Waals surface area contributed by atoms with Crippen LogP contribution in [0.2, 0.25) is 0 Å². The zero-order valence-electron chi connectivity index (χ0n) is 10.5. The second-order valence-corrected chi connectivity index (χ2v) is 4.30. The molecular formula is C13H17NO4. The fourth-order valence-corrected chi connectivity index (χ4v) is 2.10. The number of ether oxygens (including phenoxy) is 2. The van der Waals surface area contributed by atoms with Gasteiger partial charge in [0.1, 0.15) is 13.2 Å². The molecule has 1 aliphatic heterocycles. The van der Waals surface area contributed by atoms with E-state index < -0.39 is 11.9 Å². The average Bonchev–Trinajstić information content (AvgIpc) is 2.39. The first-order valence-corrected chi connectivity index (χ1v) is 5.93. The van der Waals surface area contributed by atoms with Gasteiger partial charge in [0.25, 0.3) is 0 Å². The van der Waals surface area contributed by atoms with Crippen LogP contribution >= 0.6 is 0 Å². The zero-order chi connectivity index (χ0) is 13.1. The molecule has 5 nitrogen and oxygen atoms in total. The van der Waals surface area contributed by atoms with Gasteiger partial charge in [-0.15, -0.1) is 0 Å². The van der Waals surface area contributed by atoms with E-state index in [1.165, 1.54) is 0 Å². The highest BCUT2D eigenvalue weighted by Gasteiger charge is 2.25. The molecule has 0 amide bonds. The van der Waals surface area contributed by atoms with Crippen molar-refractivity contribution in [3.05, 3.63) is 23.8 Å². The molecule has 1 aromatic carbocycles. The van der Waals surface area contributed by atoms with Gasteiger partial charge in [0, 0.05) is 6.04 Å². The third-order valence-corrected chi connectivity index (χ3v) is 3.13. The molecule has 0 bridgehead atoms. The van der Waals surface area contributed by atoms with E-state index in [0.29, 0.717) is 24.7 Å². The number of carboxylic acids is 1. The van der Waals surface area contributed by atoms with Gasteiger partial charge in [-0.05, 0) is 24.7 Å². The molecule has 0 saturated heterocycles. The van der Waals surface area contributed by atoms with Crippen molar-refractivity contribution in [2.45, 2.75) is 13.0 Å². The maximum atomic E-state index is 11.1. The summed E-state index contributed by atoms with van der Waals surface area (Å²) in [6, 6.07) is 5.28. The maximum Gasteiger partial charge on any atom is 0.308 e. The van der Waals surface area contributed by atoms with Crippen LogP contribution in [0, 0.1) is 5.92 Å². The molecule has 98 valence electrons. The van der Waals surface area contributed by atoms with Crippen LogP contribution < -0.4 is 14.8 Å². The van der Waals surface area contributed by atoms with E-state index in [1.807, 2.05) is 18.2 Å². The highest BCUT2D eigenvalue weighted by atomic mass is 16.6. The average molecular weight is 251 g/mol. The molecule has 2 rings (SSSR count).